The van der Waals surface area contributed by atoms with Gasteiger partial charge in [-0.2, -0.15) is 0 Å². The van der Waals surface area contributed by atoms with E-state index >= 15 is 0 Å². The Morgan fingerprint density at radius 1 is 0.930 bits per heavy atom. The van der Waals surface area contributed by atoms with Crippen molar-refractivity contribution in [2.75, 3.05) is 17.1 Å². The third-order valence-electron chi connectivity index (χ3n) is 8.24. The number of hydrogen-bond donors (Lipinski definition) is 1. The molecule has 1 aliphatic carbocycles. The van der Waals surface area contributed by atoms with Crippen LogP contribution in [0, 0.1) is 13.8 Å². The number of rotatable bonds is 13. The number of benzene rings is 3. The first-order valence-electron chi connectivity index (χ1n) is 14.9. The highest BCUT2D eigenvalue weighted by Gasteiger charge is 2.32. The van der Waals surface area contributed by atoms with Crippen molar-refractivity contribution >= 4 is 43.5 Å². The lowest BCUT2D eigenvalue weighted by molar-refractivity contribution is -0.141. The zero-order valence-electron chi connectivity index (χ0n) is 25.3. The first-order valence-corrected chi connectivity index (χ1v) is 17.6. The van der Waals surface area contributed by atoms with E-state index < -0.39 is 16.1 Å². The molecule has 1 saturated carbocycles. The van der Waals surface area contributed by atoms with E-state index in [2.05, 4.69) is 21.2 Å². The smallest absolute Gasteiger partial charge is 0.243 e. The first kappa shape index (κ1) is 32.7. The quantitative estimate of drug-likeness (QED) is 0.231. The minimum Gasteiger partial charge on any atom is -0.352 e. The van der Waals surface area contributed by atoms with Crippen LogP contribution in [0.25, 0.3) is 0 Å². The predicted molar refractivity (Wildman–Crippen MR) is 176 cm³/mol. The minimum absolute atomic E-state index is 0.107. The van der Waals surface area contributed by atoms with Gasteiger partial charge in [-0.3, -0.25) is 13.9 Å². The largest absolute Gasteiger partial charge is 0.352 e. The molecule has 230 valence electrons. The Morgan fingerprint density at radius 3 is 2.26 bits per heavy atom. The zero-order valence-corrected chi connectivity index (χ0v) is 27.7. The second-order valence-electron chi connectivity index (χ2n) is 11.5. The maximum absolute atomic E-state index is 14.0. The summed E-state index contributed by atoms with van der Waals surface area (Å²) in [5, 5.41) is 3.23. The van der Waals surface area contributed by atoms with Crippen molar-refractivity contribution in [1.29, 1.82) is 0 Å². The topological polar surface area (TPSA) is 86.8 Å². The molecule has 4 rings (SSSR count). The molecular weight excluding hydrogens is 626 g/mol. The van der Waals surface area contributed by atoms with Crippen LogP contribution >= 0.6 is 15.9 Å². The fourth-order valence-electron chi connectivity index (χ4n) is 5.70. The molecule has 43 heavy (non-hydrogen) atoms. The maximum Gasteiger partial charge on any atom is 0.243 e. The second-order valence-corrected chi connectivity index (χ2v) is 14.3. The van der Waals surface area contributed by atoms with Gasteiger partial charge in [0.1, 0.15) is 6.04 Å². The average Bonchev–Trinajstić information content (AvgIpc) is 3.48. The van der Waals surface area contributed by atoms with Crippen LogP contribution < -0.4 is 9.62 Å². The van der Waals surface area contributed by atoms with Crippen LogP contribution in [-0.2, 0) is 32.6 Å². The van der Waals surface area contributed by atoms with Gasteiger partial charge in [-0.15, -0.1) is 0 Å². The van der Waals surface area contributed by atoms with E-state index in [1.807, 2.05) is 80.6 Å². The van der Waals surface area contributed by atoms with Crippen LogP contribution in [0.2, 0.25) is 0 Å². The molecule has 1 N–H and O–H groups in total. The number of nitrogens with one attached hydrogen (secondary N) is 1. The summed E-state index contributed by atoms with van der Waals surface area (Å²) in [6.07, 6.45) is 6.08. The van der Waals surface area contributed by atoms with Crippen molar-refractivity contribution in [3.05, 3.63) is 99.5 Å². The van der Waals surface area contributed by atoms with Crippen molar-refractivity contribution in [3.8, 4) is 0 Å². The normalized spacial score (nSPS) is 14.3. The summed E-state index contributed by atoms with van der Waals surface area (Å²) in [6.45, 7) is 4.30. The summed E-state index contributed by atoms with van der Waals surface area (Å²) in [7, 11) is -3.57. The van der Waals surface area contributed by atoms with Gasteiger partial charge in [0.05, 0.1) is 11.9 Å². The molecule has 0 saturated heterocycles. The number of hydrogen-bond acceptors (Lipinski definition) is 4. The monoisotopic (exact) mass is 667 g/mol. The summed E-state index contributed by atoms with van der Waals surface area (Å²) < 4.78 is 27.9. The predicted octanol–water partition coefficient (Wildman–Crippen LogP) is 6.31. The Morgan fingerprint density at radius 2 is 1.60 bits per heavy atom. The van der Waals surface area contributed by atoms with Crippen molar-refractivity contribution in [2.24, 2.45) is 0 Å². The van der Waals surface area contributed by atoms with E-state index in [0.717, 1.165) is 52.4 Å². The Kier molecular flexibility index (Phi) is 11.4. The number of carbonyl (C=O) groups is 2. The van der Waals surface area contributed by atoms with Gasteiger partial charge in [0, 0.05) is 36.4 Å². The minimum atomic E-state index is -3.57. The zero-order chi connectivity index (χ0) is 31.0. The van der Waals surface area contributed by atoms with Gasteiger partial charge in [-0.25, -0.2) is 8.42 Å². The summed E-state index contributed by atoms with van der Waals surface area (Å²) in [5.41, 5.74) is 4.40. The number of carbonyl (C=O) groups excluding carboxylic acids is 2. The van der Waals surface area contributed by atoms with Gasteiger partial charge in [-0.1, -0.05) is 83.4 Å². The third-order valence-corrected chi connectivity index (χ3v) is 9.94. The van der Waals surface area contributed by atoms with E-state index in [9.17, 15) is 18.0 Å². The van der Waals surface area contributed by atoms with Gasteiger partial charge in [0.15, 0.2) is 0 Å². The standard InChI is InChI=1S/C34H42BrN3O4S/c1-25-11-9-16-31(26(25)2)38(43(3,41)42)22-10-17-33(39)37(24-28-18-20-29(35)21-19-28)32(23-27-12-5-4-6-13-27)34(40)36-30-14-7-8-15-30/h4-6,9,11-13,16,18-21,30,32H,7-8,10,14-15,17,22-24H2,1-3H3,(H,36,40)/t32-/m1/s1. The SMILES string of the molecule is Cc1cccc(N(CCCC(=O)N(Cc2ccc(Br)cc2)[C@H](Cc2ccccc2)C(=O)NC2CCCC2)S(C)(=O)=O)c1C. The molecule has 1 fully saturated rings. The fourth-order valence-corrected chi connectivity index (χ4v) is 6.98. The molecule has 1 aliphatic rings. The highest BCUT2D eigenvalue weighted by Crippen LogP contribution is 2.26. The molecule has 2 amide bonds. The van der Waals surface area contributed by atoms with Crippen LogP contribution in [0.4, 0.5) is 5.69 Å². The maximum atomic E-state index is 14.0. The lowest BCUT2D eigenvalue weighted by atomic mass is 10.0. The van der Waals surface area contributed by atoms with Gasteiger partial charge in [0.2, 0.25) is 21.8 Å². The number of amides is 2. The molecule has 1 atom stereocenters. The molecule has 0 unspecified atom stereocenters. The van der Waals surface area contributed by atoms with E-state index in [1.165, 1.54) is 10.6 Å². The lowest BCUT2D eigenvalue weighted by Gasteiger charge is -2.33. The molecule has 0 aliphatic heterocycles. The number of sulfonamides is 1. The first-order chi connectivity index (χ1) is 20.5. The number of halogens is 1. The highest BCUT2D eigenvalue weighted by atomic mass is 79.9. The Labute approximate surface area is 264 Å². The van der Waals surface area contributed by atoms with Crippen LogP contribution in [0.5, 0.6) is 0 Å². The van der Waals surface area contributed by atoms with Crippen LogP contribution in [-0.4, -0.2) is 50.0 Å². The lowest BCUT2D eigenvalue weighted by Crippen LogP contribution is -2.52. The second kappa shape index (κ2) is 15.0. The number of nitrogens with zero attached hydrogens (tertiary/aromatic N) is 2. The Hall–Kier alpha value is -3.17. The molecule has 0 aromatic heterocycles. The molecular formula is C34H42BrN3O4S. The molecule has 7 nitrogen and oxygen atoms in total. The summed E-state index contributed by atoms with van der Waals surface area (Å²) in [6, 6.07) is 22.5. The van der Waals surface area contributed by atoms with Crippen molar-refractivity contribution in [1.82, 2.24) is 10.2 Å². The van der Waals surface area contributed by atoms with Gasteiger partial charge < -0.3 is 10.2 Å². The fraction of sp³-hybridized carbons (Fsp3) is 0.412. The Balaban J connectivity index is 1.59. The third kappa shape index (κ3) is 9.16. The molecule has 0 heterocycles. The van der Waals surface area contributed by atoms with Crippen LogP contribution in [0.15, 0.2) is 77.3 Å². The van der Waals surface area contributed by atoms with E-state index in [-0.39, 0.29) is 37.4 Å². The molecule has 3 aromatic carbocycles. The van der Waals surface area contributed by atoms with E-state index in [1.54, 1.807) is 11.0 Å². The van der Waals surface area contributed by atoms with E-state index in [0.29, 0.717) is 18.5 Å². The molecule has 9 heteroatoms. The van der Waals surface area contributed by atoms with Gasteiger partial charge >= 0.3 is 0 Å². The van der Waals surface area contributed by atoms with Crippen LogP contribution in [0.3, 0.4) is 0 Å². The molecule has 0 radical (unpaired) electrons. The number of aryl methyl sites for hydroxylation is 1. The van der Waals surface area contributed by atoms with Crippen molar-refractivity contribution in [3.63, 3.8) is 0 Å². The van der Waals surface area contributed by atoms with Gasteiger partial charge in [-0.05, 0) is 73.6 Å². The van der Waals surface area contributed by atoms with Crippen LogP contribution in [0.1, 0.15) is 60.8 Å². The molecule has 0 spiro atoms. The number of anilines is 1. The molecule has 0 bridgehead atoms. The molecule has 3 aromatic rings. The summed E-state index contributed by atoms with van der Waals surface area (Å²) >= 11 is 3.48. The van der Waals surface area contributed by atoms with Gasteiger partial charge in [0.25, 0.3) is 0 Å². The average molecular weight is 669 g/mol. The van der Waals surface area contributed by atoms with Crippen molar-refractivity contribution in [2.45, 2.75) is 77.4 Å². The Bertz CT molecular complexity index is 1490. The summed E-state index contributed by atoms with van der Waals surface area (Å²) in [4.78, 5) is 29.6. The van der Waals surface area contributed by atoms with Crippen molar-refractivity contribution < 1.29 is 18.0 Å². The summed E-state index contributed by atoms with van der Waals surface area (Å²) in [5.74, 6) is -0.325. The highest BCUT2D eigenvalue weighted by molar-refractivity contribution is 9.10. The van der Waals surface area contributed by atoms with E-state index in [4.69, 9.17) is 0 Å².